The van der Waals surface area contributed by atoms with Crippen molar-refractivity contribution in [2.45, 2.75) is 19.8 Å². The number of nitrogens with zero attached hydrogens (tertiary/aromatic N) is 3. The molecule has 1 aromatic carbocycles. The van der Waals surface area contributed by atoms with Crippen molar-refractivity contribution in [3.05, 3.63) is 47.7 Å². The Hall–Kier alpha value is -2.53. The Morgan fingerprint density at radius 2 is 2.04 bits per heavy atom. The molecule has 0 unspecified atom stereocenters. The molecule has 2 N–H and O–H groups in total. The van der Waals surface area contributed by atoms with Crippen LogP contribution in [0.2, 0.25) is 0 Å². The minimum Gasteiger partial charge on any atom is -0.382 e. The number of fused-ring (bicyclic) bond motifs is 3. The zero-order chi connectivity index (χ0) is 15.8. The van der Waals surface area contributed by atoms with Crippen molar-refractivity contribution in [3.8, 4) is 11.1 Å². The van der Waals surface area contributed by atoms with Gasteiger partial charge in [-0.2, -0.15) is 0 Å². The van der Waals surface area contributed by atoms with E-state index in [-0.39, 0.29) is 0 Å². The van der Waals surface area contributed by atoms with Crippen LogP contribution in [0.4, 0.5) is 5.82 Å². The van der Waals surface area contributed by atoms with Crippen molar-refractivity contribution in [2.24, 2.45) is 0 Å². The summed E-state index contributed by atoms with van der Waals surface area (Å²) in [7, 11) is 0. The molecule has 4 rings (SSSR count). The largest absolute Gasteiger partial charge is 0.382 e. The number of hydrogen-bond donors (Lipinski definition) is 1. The average Bonchev–Trinajstić information content (AvgIpc) is 3.00. The lowest BCUT2D eigenvalue weighted by molar-refractivity contribution is 0.913. The van der Waals surface area contributed by atoms with Gasteiger partial charge in [0.15, 0.2) is 5.82 Å². The van der Waals surface area contributed by atoms with Crippen molar-refractivity contribution < 1.29 is 0 Å². The summed E-state index contributed by atoms with van der Waals surface area (Å²) in [5.74, 6) is 0.509. The first-order chi connectivity index (χ1) is 11.3. The Labute approximate surface area is 138 Å². The van der Waals surface area contributed by atoms with Crippen molar-refractivity contribution in [1.82, 2.24) is 15.0 Å². The normalized spacial score (nSPS) is 11.3. The lowest BCUT2D eigenvalue weighted by Gasteiger charge is -2.05. The summed E-state index contributed by atoms with van der Waals surface area (Å²) in [6.07, 6.45) is 5.69. The van der Waals surface area contributed by atoms with Gasteiger partial charge in [-0.05, 0) is 30.5 Å². The predicted molar refractivity (Wildman–Crippen MR) is 96.6 cm³/mol. The summed E-state index contributed by atoms with van der Waals surface area (Å²) in [6, 6.07) is 10.3. The monoisotopic (exact) mass is 320 g/mol. The number of pyridine rings is 2. The Morgan fingerprint density at radius 1 is 1.13 bits per heavy atom. The summed E-state index contributed by atoms with van der Waals surface area (Å²) in [6.45, 7) is 2.16. The third kappa shape index (κ3) is 2.43. The van der Waals surface area contributed by atoms with E-state index >= 15 is 0 Å². The van der Waals surface area contributed by atoms with Gasteiger partial charge < -0.3 is 5.73 Å². The Kier molecular flexibility index (Phi) is 3.42. The van der Waals surface area contributed by atoms with E-state index < -0.39 is 0 Å². The van der Waals surface area contributed by atoms with Crippen LogP contribution in [0.25, 0.3) is 32.2 Å². The van der Waals surface area contributed by atoms with Crippen molar-refractivity contribution in [3.63, 3.8) is 0 Å². The Bertz CT molecular complexity index is 992. The average molecular weight is 320 g/mol. The molecule has 3 aromatic heterocycles. The van der Waals surface area contributed by atoms with Crippen LogP contribution in [-0.4, -0.2) is 15.0 Å². The maximum Gasteiger partial charge on any atom is 0.151 e. The van der Waals surface area contributed by atoms with Gasteiger partial charge in [0.2, 0.25) is 0 Å². The molecule has 0 bridgehead atoms. The molecule has 3 heterocycles. The van der Waals surface area contributed by atoms with Crippen LogP contribution in [0.15, 0.2) is 42.7 Å². The molecule has 23 heavy (non-hydrogen) atoms. The highest BCUT2D eigenvalue weighted by Crippen LogP contribution is 2.34. The first-order valence-corrected chi connectivity index (χ1v) is 8.47. The van der Waals surface area contributed by atoms with E-state index in [0.717, 1.165) is 50.1 Å². The fourth-order valence-electron chi connectivity index (χ4n) is 2.75. The second-order valence-corrected chi connectivity index (χ2v) is 6.59. The number of hydrogen-bond acceptors (Lipinski definition) is 5. The second-order valence-electron chi connectivity index (χ2n) is 5.51. The first-order valence-electron chi connectivity index (χ1n) is 7.65. The molecule has 0 atom stereocenters. The summed E-state index contributed by atoms with van der Waals surface area (Å²) in [4.78, 5) is 13.4. The van der Waals surface area contributed by atoms with Gasteiger partial charge in [0.25, 0.3) is 0 Å². The van der Waals surface area contributed by atoms with E-state index in [1.165, 1.54) is 0 Å². The number of aryl methyl sites for hydroxylation is 1. The number of thiazole rings is 1. The molecule has 0 radical (unpaired) electrons. The maximum absolute atomic E-state index is 6.14. The van der Waals surface area contributed by atoms with Gasteiger partial charge in [0.1, 0.15) is 5.52 Å². The molecule has 114 valence electrons. The first kappa shape index (κ1) is 14.1. The molecule has 5 heteroatoms. The fraction of sp³-hybridized carbons (Fsp3) is 0.167. The number of rotatable bonds is 3. The lowest BCUT2D eigenvalue weighted by atomic mass is 10.1. The van der Waals surface area contributed by atoms with Crippen LogP contribution in [0, 0.1) is 0 Å². The minimum absolute atomic E-state index is 0.509. The Balaban J connectivity index is 1.94. The van der Waals surface area contributed by atoms with Crippen LogP contribution in [0.3, 0.4) is 0 Å². The highest BCUT2D eigenvalue weighted by Gasteiger charge is 2.12. The molecule has 0 aliphatic rings. The zero-order valence-electron chi connectivity index (χ0n) is 12.8. The van der Waals surface area contributed by atoms with E-state index in [9.17, 15) is 0 Å². The molecule has 0 amide bonds. The molecule has 4 aromatic rings. The predicted octanol–water partition coefficient (Wildman–Crippen LogP) is 4.44. The van der Waals surface area contributed by atoms with Gasteiger partial charge >= 0.3 is 0 Å². The van der Waals surface area contributed by atoms with E-state index in [4.69, 9.17) is 5.73 Å². The number of nitrogen functional groups attached to an aromatic ring is 1. The number of nitrogens with two attached hydrogens (primary N) is 1. The molecule has 0 aliphatic carbocycles. The highest BCUT2D eigenvalue weighted by atomic mass is 32.1. The standard InChI is InChI=1S/C18H16N4S/c1-2-4-15-22-16-17(23-15)13-7-6-11(9-14(13)21-18(16)19)12-5-3-8-20-10-12/h3,5-10H,2,4H2,1H3,(H2,19,21). The SMILES string of the molecule is CCCc1nc2c(N)nc3cc(-c4cccnc4)ccc3c2s1. The van der Waals surface area contributed by atoms with Gasteiger partial charge in [-0.1, -0.05) is 25.1 Å². The number of anilines is 1. The smallest absolute Gasteiger partial charge is 0.151 e. The van der Waals surface area contributed by atoms with Crippen molar-refractivity contribution in [2.75, 3.05) is 5.73 Å². The molecule has 0 fully saturated rings. The van der Waals surface area contributed by atoms with E-state index in [1.54, 1.807) is 17.5 Å². The summed E-state index contributed by atoms with van der Waals surface area (Å²) >= 11 is 1.72. The van der Waals surface area contributed by atoms with Crippen LogP contribution in [0.1, 0.15) is 18.4 Å². The van der Waals surface area contributed by atoms with Gasteiger partial charge in [-0.25, -0.2) is 9.97 Å². The molecule has 4 nitrogen and oxygen atoms in total. The highest BCUT2D eigenvalue weighted by molar-refractivity contribution is 7.19. The van der Waals surface area contributed by atoms with Gasteiger partial charge in [0.05, 0.1) is 15.2 Å². The van der Waals surface area contributed by atoms with Crippen molar-refractivity contribution >= 4 is 38.3 Å². The van der Waals surface area contributed by atoms with Gasteiger partial charge in [-0.15, -0.1) is 11.3 Å². The maximum atomic E-state index is 6.14. The van der Waals surface area contributed by atoms with Crippen molar-refractivity contribution in [1.29, 1.82) is 0 Å². The topological polar surface area (TPSA) is 64.7 Å². The summed E-state index contributed by atoms with van der Waals surface area (Å²) < 4.78 is 1.13. The molecule has 0 spiro atoms. The summed E-state index contributed by atoms with van der Waals surface area (Å²) in [5.41, 5.74) is 10.0. The third-order valence-electron chi connectivity index (χ3n) is 3.86. The number of aromatic nitrogens is 3. The van der Waals surface area contributed by atoms with E-state index in [1.807, 2.05) is 18.3 Å². The Morgan fingerprint density at radius 3 is 2.83 bits per heavy atom. The zero-order valence-corrected chi connectivity index (χ0v) is 13.6. The molecular formula is C18H16N4S. The molecule has 0 saturated heterocycles. The van der Waals surface area contributed by atoms with Gasteiger partial charge in [-0.3, -0.25) is 4.98 Å². The van der Waals surface area contributed by atoms with Gasteiger partial charge in [0, 0.05) is 23.3 Å². The van der Waals surface area contributed by atoms with Crippen LogP contribution in [-0.2, 0) is 6.42 Å². The third-order valence-corrected chi connectivity index (χ3v) is 5.00. The quantitative estimate of drug-likeness (QED) is 0.606. The molecule has 0 saturated carbocycles. The van der Waals surface area contributed by atoms with E-state index in [0.29, 0.717) is 5.82 Å². The molecule has 0 aliphatic heterocycles. The van der Waals surface area contributed by atoms with Crippen LogP contribution in [0.5, 0.6) is 0 Å². The fourth-order valence-corrected chi connectivity index (χ4v) is 3.96. The minimum atomic E-state index is 0.509. The molecular weight excluding hydrogens is 304 g/mol. The van der Waals surface area contributed by atoms with Crippen LogP contribution < -0.4 is 5.73 Å². The lowest BCUT2D eigenvalue weighted by Crippen LogP contribution is -1.93. The van der Waals surface area contributed by atoms with E-state index in [2.05, 4.69) is 40.1 Å². The van der Waals surface area contributed by atoms with Crippen LogP contribution >= 0.6 is 11.3 Å². The number of benzene rings is 1. The summed E-state index contributed by atoms with van der Waals surface area (Å²) in [5, 5.41) is 2.24. The second kappa shape index (κ2) is 5.59.